The summed E-state index contributed by atoms with van der Waals surface area (Å²) in [4.78, 5) is 16.3. The zero-order valence-corrected chi connectivity index (χ0v) is 12.2. The fourth-order valence-electron chi connectivity index (χ4n) is 3.76. The van der Waals surface area contributed by atoms with E-state index >= 15 is 0 Å². The molecule has 0 aromatic heterocycles. The highest BCUT2D eigenvalue weighted by molar-refractivity contribution is 5.95. The van der Waals surface area contributed by atoms with E-state index in [4.69, 9.17) is 0 Å². The molecule has 0 amide bonds. The molecule has 108 valence electrons. The van der Waals surface area contributed by atoms with E-state index in [1.165, 1.54) is 12.8 Å². The van der Waals surface area contributed by atoms with Crippen LogP contribution in [0.2, 0.25) is 0 Å². The molecule has 3 rings (SSSR count). The summed E-state index contributed by atoms with van der Waals surface area (Å²) in [6.07, 6.45) is 3.64. The maximum atomic E-state index is 11.5. The molecule has 2 heterocycles. The molecule has 1 aromatic carbocycles. The molecule has 0 spiro atoms. The van der Waals surface area contributed by atoms with Crippen molar-refractivity contribution in [3.05, 3.63) is 29.3 Å². The second-order valence-corrected chi connectivity index (χ2v) is 6.06. The van der Waals surface area contributed by atoms with Gasteiger partial charge in [-0.05, 0) is 44.9 Å². The Morgan fingerprint density at radius 1 is 1.25 bits per heavy atom. The number of likely N-dealkylation sites (N-methyl/N-ethyl adjacent to an activating group) is 1. The van der Waals surface area contributed by atoms with Crippen molar-refractivity contribution in [1.82, 2.24) is 4.90 Å². The number of carboxylic acid groups (broad SMARTS) is 1. The minimum absolute atomic E-state index is 0.436. The highest BCUT2D eigenvalue weighted by atomic mass is 16.4. The lowest BCUT2D eigenvalue weighted by molar-refractivity contribution is 0.0697. The molecule has 2 unspecified atom stereocenters. The summed E-state index contributed by atoms with van der Waals surface area (Å²) >= 11 is 0. The lowest BCUT2D eigenvalue weighted by atomic mass is 10.0. The summed E-state index contributed by atoms with van der Waals surface area (Å²) < 4.78 is 0. The summed E-state index contributed by atoms with van der Waals surface area (Å²) in [5.41, 5.74) is 2.41. The zero-order chi connectivity index (χ0) is 14.3. The van der Waals surface area contributed by atoms with Gasteiger partial charge in [0.2, 0.25) is 0 Å². The summed E-state index contributed by atoms with van der Waals surface area (Å²) in [7, 11) is 2.21. The maximum absolute atomic E-state index is 11.5. The van der Waals surface area contributed by atoms with Gasteiger partial charge in [0.25, 0.3) is 0 Å². The van der Waals surface area contributed by atoms with Crippen LogP contribution in [0.5, 0.6) is 0 Å². The van der Waals surface area contributed by atoms with Crippen LogP contribution in [-0.4, -0.2) is 48.2 Å². The molecule has 2 aliphatic heterocycles. The second kappa shape index (κ2) is 5.09. The molecule has 4 nitrogen and oxygen atoms in total. The van der Waals surface area contributed by atoms with Crippen LogP contribution in [0.1, 0.15) is 35.2 Å². The topological polar surface area (TPSA) is 43.8 Å². The zero-order valence-electron chi connectivity index (χ0n) is 12.2. The minimum atomic E-state index is -0.827. The molecule has 1 aromatic rings. The van der Waals surface area contributed by atoms with E-state index in [-0.39, 0.29) is 0 Å². The van der Waals surface area contributed by atoms with Crippen LogP contribution in [0, 0.1) is 6.92 Å². The Hall–Kier alpha value is -1.55. The number of aryl methyl sites for hydroxylation is 1. The SMILES string of the molecule is Cc1cccc(C(=O)O)c1N1CCC2CCC(C1)N2C. The third-order valence-electron chi connectivity index (χ3n) is 4.93. The molecule has 1 N–H and O–H groups in total. The number of rotatable bonds is 2. The molecule has 2 saturated heterocycles. The van der Waals surface area contributed by atoms with Gasteiger partial charge >= 0.3 is 5.97 Å². The molecular weight excluding hydrogens is 252 g/mol. The van der Waals surface area contributed by atoms with Gasteiger partial charge in [0, 0.05) is 25.2 Å². The predicted octanol–water partition coefficient (Wildman–Crippen LogP) is 2.37. The standard InChI is InChI=1S/C16H22N2O2/c1-11-4-3-5-14(16(19)20)15(11)18-9-8-12-6-7-13(10-18)17(12)2/h3-5,12-13H,6-10H2,1-2H3,(H,19,20). The fourth-order valence-corrected chi connectivity index (χ4v) is 3.76. The van der Waals surface area contributed by atoms with Crippen LogP contribution in [0.4, 0.5) is 5.69 Å². The molecule has 0 radical (unpaired) electrons. The number of benzene rings is 1. The summed E-state index contributed by atoms with van der Waals surface area (Å²) in [5.74, 6) is -0.827. The van der Waals surface area contributed by atoms with E-state index in [0.29, 0.717) is 17.6 Å². The number of hydrogen-bond acceptors (Lipinski definition) is 3. The van der Waals surface area contributed by atoms with E-state index in [1.807, 2.05) is 19.1 Å². The van der Waals surface area contributed by atoms with Gasteiger partial charge in [-0.25, -0.2) is 4.79 Å². The Morgan fingerprint density at radius 2 is 2.00 bits per heavy atom. The van der Waals surface area contributed by atoms with E-state index in [2.05, 4.69) is 16.8 Å². The van der Waals surface area contributed by atoms with Crippen molar-refractivity contribution in [2.75, 3.05) is 25.0 Å². The summed E-state index contributed by atoms with van der Waals surface area (Å²) in [5, 5.41) is 9.44. The van der Waals surface area contributed by atoms with E-state index in [9.17, 15) is 9.90 Å². The highest BCUT2D eigenvalue weighted by Crippen LogP contribution is 2.33. The summed E-state index contributed by atoms with van der Waals surface area (Å²) in [6.45, 7) is 3.91. The average Bonchev–Trinajstić information content (AvgIpc) is 2.64. The maximum Gasteiger partial charge on any atom is 0.337 e. The molecule has 0 saturated carbocycles. The smallest absolute Gasteiger partial charge is 0.337 e. The van der Waals surface area contributed by atoms with Gasteiger partial charge in [-0.1, -0.05) is 12.1 Å². The first-order valence-electron chi connectivity index (χ1n) is 7.37. The normalized spacial score (nSPS) is 26.6. The molecule has 2 atom stereocenters. The number of fused-ring (bicyclic) bond motifs is 2. The van der Waals surface area contributed by atoms with Gasteiger partial charge in [-0.3, -0.25) is 4.90 Å². The van der Waals surface area contributed by atoms with Gasteiger partial charge in [0.1, 0.15) is 0 Å². The monoisotopic (exact) mass is 274 g/mol. The lowest BCUT2D eigenvalue weighted by Gasteiger charge is -2.30. The Balaban J connectivity index is 1.95. The molecule has 20 heavy (non-hydrogen) atoms. The fraction of sp³-hybridized carbons (Fsp3) is 0.562. The first-order valence-corrected chi connectivity index (χ1v) is 7.37. The third-order valence-corrected chi connectivity index (χ3v) is 4.93. The minimum Gasteiger partial charge on any atom is -0.478 e. The quantitative estimate of drug-likeness (QED) is 0.899. The van der Waals surface area contributed by atoms with Crippen molar-refractivity contribution in [1.29, 1.82) is 0 Å². The molecule has 4 heteroatoms. The number of carbonyl (C=O) groups is 1. The van der Waals surface area contributed by atoms with Gasteiger partial charge in [0.05, 0.1) is 11.3 Å². The highest BCUT2D eigenvalue weighted by Gasteiger charge is 2.35. The Labute approximate surface area is 120 Å². The molecule has 0 aliphatic carbocycles. The first-order chi connectivity index (χ1) is 9.58. The van der Waals surface area contributed by atoms with Crippen LogP contribution in [-0.2, 0) is 0 Å². The van der Waals surface area contributed by atoms with Crippen LogP contribution < -0.4 is 4.90 Å². The average molecular weight is 274 g/mol. The van der Waals surface area contributed by atoms with Crippen molar-refractivity contribution < 1.29 is 9.90 Å². The number of hydrogen-bond donors (Lipinski definition) is 1. The van der Waals surface area contributed by atoms with Gasteiger partial charge in [0.15, 0.2) is 0 Å². The van der Waals surface area contributed by atoms with Gasteiger partial charge in [-0.15, -0.1) is 0 Å². The largest absolute Gasteiger partial charge is 0.478 e. The van der Waals surface area contributed by atoms with Crippen LogP contribution >= 0.6 is 0 Å². The molecule has 2 bridgehead atoms. The van der Waals surface area contributed by atoms with Gasteiger partial charge in [-0.2, -0.15) is 0 Å². The van der Waals surface area contributed by atoms with Crippen LogP contribution in [0.25, 0.3) is 0 Å². The van der Waals surface area contributed by atoms with Gasteiger partial charge < -0.3 is 10.0 Å². The number of nitrogens with zero attached hydrogens (tertiary/aromatic N) is 2. The Morgan fingerprint density at radius 3 is 2.75 bits per heavy atom. The first kappa shape index (κ1) is 13.4. The Kier molecular flexibility index (Phi) is 3.42. The van der Waals surface area contributed by atoms with Crippen molar-refractivity contribution in [3.63, 3.8) is 0 Å². The predicted molar refractivity (Wildman–Crippen MR) is 79.5 cm³/mol. The molecule has 2 fully saturated rings. The number of carboxylic acids is 1. The van der Waals surface area contributed by atoms with Crippen molar-refractivity contribution in [2.24, 2.45) is 0 Å². The van der Waals surface area contributed by atoms with E-state index < -0.39 is 5.97 Å². The molecule has 2 aliphatic rings. The van der Waals surface area contributed by atoms with E-state index in [1.54, 1.807) is 6.07 Å². The number of anilines is 1. The second-order valence-electron chi connectivity index (χ2n) is 6.06. The Bertz CT molecular complexity index is 529. The van der Waals surface area contributed by atoms with Crippen molar-refractivity contribution in [3.8, 4) is 0 Å². The third kappa shape index (κ3) is 2.18. The van der Waals surface area contributed by atoms with E-state index in [0.717, 1.165) is 30.8 Å². The molecular formula is C16H22N2O2. The van der Waals surface area contributed by atoms with Crippen LogP contribution in [0.3, 0.4) is 0 Å². The number of aromatic carboxylic acids is 1. The number of para-hydroxylation sites is 1. The summed E-state index contributed by atoms with van der Waals surface area (Å²) in [6, 6.07) is 6.79. The van der Waals surface area contributed by atoms with Crippen LogP contribution in [0.15, 0.2) is 18.2 Å². The van der Waals surface area contributed by atoms with Crippen molar-refractivity contribution in [2.45, 2.75) is 38.3 Å². The lowest BCUT2D eigenvalue weighted by Crippen LogP contribution is -2.37. The van der Waals surface area contributed by atoms with Crippen molar-refractivity contribution >= 4 is 11.7 Å².